The monoisotopic (exact) mass is 225 g/mol. The fraction of sp³-hybridized carbons (Fsp3) is 0.545. The molecule has 0 spiro atoms. The number of rotatable bonds is 3. The van der Waals surface area contributed by atoms with Gasteiger partial charge < -0.3 is 10.0 Å². The number of hydrogen-bond acceptors (Lipinski definition) is 3. The van der Waals surface area contributed by atoms with Gasteiger partial charge in [0.15, 0.2) is 0 Å². The molecule has 4 heteroatoms. The third-order valence-corrected chi connectivity index (χ3v) is 3.52. The van der Waals surface area contributed by atoms with Gasteiger partial charge in [-0.15, -0.1) is 11.3 Å². The van der Waals surface area contributed by atoms with Crippen LogP contribution >= 0.6 is 11.3 Å². The van der Waals surface area contributed by atoms with E-state index in [2.05, 4.69) is 0 Å². The second-order valence-electron chi connectivity index (χ2n) is 4.33. The summed E-state index contributed by atoms with van der Waals surface area (Å²) in [5.41, 5.74) is -0.654. The first kappa shape index (κ1) is 10.6. The highest BCUT2D eigenvalue weighted by Crippen LogP contribution is 2.21. The third-order valence-electron chi connectivity index (χ3n) is 2.58. The highest BCUT2D eigenvalue weighted by Gasteiger charge is 2.38. The first-order valence-electron chi connectivity index (χ1n) is 5.09. The van der Waals surface area contributed by atoms with Gasteiger partial charge in [0.25, 0.3) is 0 Å². The number of aryl methyl sites for hydroxylation is 1. The molecule has 0 aromatic carbocycles. The Hall–Kier alpha value is -0.870. The van der Waals surface area contributed by atoms with E-state index in [4.69, 9.17) is 0 Å². The Morgan fingerprint density at radius 1 is 1.67 bits per heavy atom. The second kappa shape index (κ2) is 3.94. The van der Waals surface area contributed by atoms with E-state index in [1.54, 1.807) is 23.2 Å². The number of amides is 1. The van der Waals surface area contributed by atoms with Gasteiger partial charge in [0, 0.05) is 11.3 Å². The van der Waals surface area contributed by atoms with E-state index in [1.165, 1.54) is 4.88 Å². The van der Waals surface area contributed by atoms with Crippen molar-refractivity contribution in [2.75, 3.05) is 13.1 Å². The van der Waals surface area contributed by atoms with Crippen LogP contribution in [-0.2, 0) is 11.2 Å². The van der Waals surface area contributed by atoms with Crippen LogP contribution in [0.25, 0.3) is 0 Å². The summed E-state index contributed by atoms with van der Waals surface area (Å²) in [6, 6.07) is 4.04. The number of carbonyl (C=O) groups is 1. The second-order valence-corrected chi connectivity index (χ2v) is 5.36. The van der Waals surface area contributed by atoms with E-state index < -0.39 is 5.60 Å². The summed E-state index contributed by atoms with van der Waals surface area (Å²) in [6.45, 7) is 2.72. The van der Waals surface area contributed by atoms with Crippen molar-refractivity contribution in [1.82, 2.24) is 4.90 Å². The standard InChI is InChI=1S/C11H15NO2S/c1-11(14)7-12(8-11)10(13)5-4-9-3-2-6-15-9/h2-3,6,14H,4-5,7-8H2,1H3. The lowest BCUT2D eigenvalue weighted by Crippen LogP contribution is -2.61. The lowest BCUT2D eigenvalue weighted by Gasteiger charge is -2.44. The van der Waals surface area contributed by atoms with Crippen molar-refractivity contribution in [3.05, 3.63) is 22.4 Å². The molecule has 1 aromatic heterocycles. The van der Waals surface area contributed by atoms with Crippen LogP contribution in [0, 0.1) is 0 Å². The SMILES string of the molecule is CC1(O)CN(C(=O)CCc2cccs2)C1. The molecule has 0 aliphatic carbocycles. The fourth-order valence-corrected chi connectivity index (χ4v) is 2.50. The van der Waals surface area contributed by atoms with Crippen LogP contribution in [-0.4, -0.2) is 34.6 Å². The van der Waals surface area contributed by atoms with Crippen LogP contribution < -0.4 is 0 Å². The Morgan fingerprint density at radius 3 is 2.93 bits per heavy atom. The zero-order chi connectivity index (χ0) is 10.9. The fourth-order valence-electron chi connectivity index (χ4n) is 1.80. The molecule has 0 saturated carbocycles. The molecule has 1 aromatic rings. The average Bonchev–Trinajstić information content (AvgIpc) is 2.62. The molecule has 1 aliphatic heterocycles. The Bertz CT molecular complexity index is 337. The van der Waals surface area contributed by atoms with E-state index in [-0.39, 0.29) is 5.91 Å². The highest BCUT2D eigenvalue weighted by molar-refractivity contribution is 7.09. The van der Waals surface area contributed by atoms with Gasteiger partial charge in [0.1, 0.15) is 0 Å². The van der Waals surface area contributed by atoms with Crippen LogP contribution in [0.3, 0.4) is 0 Å². The zero-order valence-electron chi connectivity index (χ0n) is 8.77. The molecule has 15 heavy (non-hydrogen) atoms. The van der Waals surface area contributed by atoms with Crippen molar-refractivity contribution in [2.24, 2.45) is 0 Å². The van der Waals surface area contributed by atoms with Crippen LogP contribution in [0.5, 0.6) is 0 Å². The number of thiophene rings is 1. The lowest BCUT2D eigenvalue weighted by molar-refractivity contribution is -0.152. The van der Waals surface area contributed by atoms with E-state index in [0.717, 1.165) is 6.42 Å². The summed E-state index contributed by atoms with van der Waals surface area (Å²) in [7, 11) is 0. The van der Waals surface area contributed by atoms with Crippen LogP contribution in [0.4, 0.5) is 0 Å². The van der Waals surface area contributed by atoms with Gasteiger partial charge in [0.05, 0.1) is 18.7 Å². The molecule has 1 N–H and O–H groups in total. The first-order valence-corrected chi connectivity index (χ1v) is 5.97. The van der Waals surface area contributed by atoms with Gasteiger partial charge in [-0.3, -0.25) is 4.79 Å². The van der Waals surface area contributed by atoms with Gasteiger partial charge in [-0.05, 0) is 24.8 Å². The number of likely N-dealkylation sites (tertiary alicyclic amines) is 1. The highest BCUT2D eigenvalue weighted by atomic mass is 32.1. The van der Waals surface area contributed by atoms with Gasteiger partial charge in [-0.25, -0.2) is 0 Å². The van der Waals surface area contributed by atoms with Gasteiger partial charge in [-0.1, -0.05) is 6.07 Å². The topological polar surface area (TPSA) is 40.5 Å². The molecular formula is C11H15NO2S. The summed E-state index contributed by atoms with van der Waals surface area (Å²) in [5.74, 6) is 0.148. The molecule has 0 atom stereocenters. The number of β-amino-alcohol motifs (C(OH)–C–C–N with tert-alkyl or cyclic N) is 1. The molecule has 0 radical (unpaired) electrons. The number of nitrogens with zero attached hydrogens (tertiary/aromatic N) is 1. The predicted octanol–water partition coefficient (Wildman–Crippen LogP) is 1.27. The maximum absolute atomic E-state index is 11.6. The van der Waals surface area contributed by atoms with Crippen LogP contribution in [0.15, 0.2) is 17.5 Å². The molecular weight excluding hydrogens is 210 g/mol. The van der Waals surface area contributed by atoms with E-state index >= 15 is 0 Å². The Morgan fingerprint density at radius 2 is 2.40 bits per heavy atom. The Balaban J connectivity index is 1.75. The van der Waals surface area contributed by atoms with Gasteiger partial charge in [0.2, 0.25) is 5.91 Å². The smallest absolute Gasteiger partial charge is 0.223 e. The molecule has 0 unspecified atom stereocenters. The van der Waals surface area contributed by atoms with Crippen LogP contribution in [0.1, 0.15) is 18.2 Å². The van der Waals surface area contributed by atoms with Crippen molar-refractivity contribution in [1.29, 1.82) is 0 Å². The Kier molecular flexibility index (Phi) is 2.80. The molecule has 1 amide bonds. The molecule has 1 saturated heterocycles. The summed E-state index contributed by atoms with van der Waals surface area (Å²) < 4.78 is 0. The summed E-state index contributed by atoms with van der Waals surface area (Å²) in [6.07, 6.45) is 1.37. The molecule has 1 fully saturated rings. The number of hydrogen-bond donors (Lipinski definition) is 1. The normalized spacial score (nSPS) is 18.7. The lowest BCUT2D eigenvalue weighted by atomic mass is 9.96. The first-order chi connectivity index (χ1) is 7.07. The summed E-state index contributed by atoms with van der Waals surface area (Å²) in [5, 5.41) is 11.5. The van der Waals surface area contributed by atoms with Crippen molar-refractivity contribution in [3.8, 4) is 0 Å². The quantitative estimate of drug-likeness (QED) is 0.841. The largest absolute Gasteiger partial charge is 0.386 e. The Labute approximate surface area is 93.3 Å². The predicted molar refractivity (Wildman–Crippen MR) is 59.8 cm³/mol. The number of aliphatic hydroxyl groups is 1. The third kappa shape index (κ3) is 2.58. The maximum Gasteiger partial charge on any atom is 0.223 e. The van der Waals surface area contributed by atoms with Crippen molar-refractivity contribution < 1.29 is 9.90 Å². The van der Waals surface area contributed by atoms with E-state index in [9.17, 15) is 9.90 Å². The average molecular weight is 225 g/mol. The maximum atomic E-state index is 11.6. The molecule has 3 nitrogen and oxygen atoms in total. The molecule has 82 valence electrons. The minimum Gasteiger partial charge on any atom is -0.386 e. The van der Waals surface area contributed by atoms with Crippen LogP contribution in [0.2, 0.25) is 0 Å². The minimum absolute atomic E-state index is 0.148. The van der Waals surface area contributed by atoms with Gasteiger partial charge >= 0.3 is 0 Å². The minimum atomic E-state index is -0.654. The van der Waals surface area contributed by atoms with Crippen molar-refractivity contribution >= 4 is 17.2 Å². The van der Waals surface area contributed by atoms with E-state index in [0.29, 0.717) is 19.5 Å². The molecule has 2 rings (SSSR count). The summed E-state index contributed by atoms with van der Waals surface area (Å²) in [4.78, 5) is 14.6. The van der Waals surface area contributed by atoms with Crippen molar-refractivity contribution in [3.63, 3.8) is 0 Å². The van der Waals surface area contributed by atoms with Crippen molar-refractivity contribution in [2.45, 2.75) is 25.4 Å². The summed E-state index contributed by atoms with van der Waals surface area (Å²) >= 11 is 1.68. The molecule has 0 bridgehead atoms. The number of carbonyl (C=O) groups excluding carboxylic acids is 1. The van der Waals surface area contributed by atoms with Gasteiger partial charge in [-0.2, -0.15) is 0 Å². The molecule has 2 heterocycles. The molecule has 1 aliphatic rings. The zero-order valence-corrected chi connectivity index (χ0v) is 9.59. The van der Waals surface area contributed by atoms with E-state index in [1.807, 2.05) is 17.5 Å².